The van der Waals surface area contributed by atoms with Gasteiger partial charge >= 0.3 is 6.09 Å². The molecule has 2 atom stereocenters. The van der Waals surface area contributed by atoms with Gasteiger partial charge in [0.1, 0.15) is 5.60 Å². The topological polar surface area (TPSA) is 49.9 Å². The Bertz CT molecular complexity index is 622. The minimum atomic E-state index is -0.626. The molecule has 5 nitrogen and oxygen atoms in total. The highest BCUT2D eigenvalue weighted by Crippen LogP contribution is 2.28. The van der Waals surface area contributed by atoms with Gasteiger partial charge in [-0.3, -0.25) is 9.69 Å². The molecular weight excluding hydrogens is 316 g/mol. The summed E-state index contributed by atoms with van der Waals surface area (Å²) in [4.78, 5) is 28.5. The molecular formula is C20H28N2O3. The van der Waals surface area contributed by atoms with Crippen LogP contribution >= 0.6 is 0 Å². The van der Waals surface area contributed by atoms with Gasteiger partial charge in [-0.2, -0.15) is 0 Å². The molecule has 2 unspecified atom stereocenters. The summed E-state index contributed by atoms with van der Waals surface area (Å²) in [6, 6.07) is 10.0. The molecule has 0 aliphatic carbocycles. The summed E-state index contributed by atoms with van der Waals surface area (Å²) in [5.74, 6) is -0.460. The van der Waals surface area contributed by atoms with E-state index in [1.54, 1.807) is 26.8 Å². The van der Waals surface area contributed by atoms with E-state index in [2.05, 4.69) is 23.6 Å². The van der Waals surface area contributed by atoms with Crippen molar-refractivity contribution in [1.29, 1.82) is 0 Å². The highest BCUT2D eigenvalue weighted by Gasteiger charge is 2.45. The number of ether oxygens (including phenoxy) is 1. The maximum absolute atomic E-state index is 12.7. The molecule has 1 aliphatic heterocycles. The minimum Gasteiger partial charge on any atom is -0.443 e. The summed E-state index contributed by atoms with van der Waals surface area (Å²) >= 11 is 0. The number of nitrogens with zero attached hydrogens (tertiary/aromatic N) is 2. The van der Waals surface area contributed by atoms with Crippen LogP contribution in [0.3, 0.4) is 0 Å². The SMILES string of the molecule is C=CCC1C(=O)N(C(=O)OC(C)(C)C)CC1N(C)Cc1ccccc1. The first kappa shape index (κ1) is 19.2. The van der Waals surface area contributed by atoms with Gasteiger partial charge in [-0.25, -0.2) is 9.69 Å². The van der Waals surface area contributed by atoms with E-state index in [4.69, 9.17) is 4.74 Å². The normalized spacial score (nSPS) is 20.8. The molecule has 1 heterocycles. The van der Waals surface area contributed by atoms with E-state index >= 15 is 0 Å². The van der Waals surface area contributed by atoms with Crippen molar-refractivity contribution in [2.45, 2.75) is 45.4 Å². The lowest BCUT2D eigenvalue weighted by atomic mass is 9.97. The molecule has 0 radical (unpaired) electrons. The third-order valence-electron chi connectivity index (χ3n) is 4.29. The van der Waals surface area contributed by atoms with Crippen LogP contribution in [-0.4, -0.2) is 47.0 Å². The second-order valence-corrected chi connectivity index (χ2v) is 7.53. The van der Waals surface area contributed by atoms with Crippen LogP contribution in [-0.2, 0) is 16.1 Å². The Hall–Kier alpha value is -2.14. The van der Waals surface area contributed by atoms with Crippen molar-refractivity contribution in [2.75, 3.05) is 13.6 Å². The van der Waals surface area contributed by atoms with Crippen LogP contribution in [0.25, 0.3) is 0 Å². The van der Waals surface area contributed by atoms with Crippen molar-refractivity contribution in [3.63, 3.8) is 0 Å². The number of hydrogen-bond donors (Lipinski definition) is 0. The zero-order valence-corrected chi connectivity index (χ0v) is 15.6. The Morgan fingerprint density at radius 1 is 1.36 bits per heavy atom. The van der Waals surface area contributed by atoms with Gasteiger partial charge in [0.15, 0.2) is 0 Å². The molecule has 2 amide bonds. The molecule has 1 aliphatic rings. The first-order valence-corrected chi connectivity index (χ1v) is 8.62. The van der Waals surface area contributed by atoms with E-state index in [9.17, 15) is 9.59 Å². The van der Waals surface area contributed by atoms with E-state index in [0.717, 1.165) is 0 Å². The molecule has 136 valence electrons. The Balaban J connectivity index is 2.14. The molecule has 0 spiro atoms. The maximum atomic E-state index is 12.7. The Morgan fingerprint density at radius 2 is 2.00 bits per heavy atom. The molecule has 0 bridgehead atoms. The molecule has 5 heteroatoms. The quantitative estimate of drug-likeness (QED) is 0.768. The molecule has 1 fully saturated rings. The van der Waals surface area contributed by atoms with Gasteiger partial charge < -0.3 is 4.74 Å². The monoisotopic (exact) mass is 344 g/mol. The van der Waals surface area contributed by atoms with Crippen LogP contribution in [0.5, 0.6) is 0 Å². The summed E-state index contributed by atoms with van der Waals surface area (Å²) in [7, 11) is 1.99. The molecule has 1 saturated heterocycles. The van der Waals surface area contributed by atoms with E-state index in [0.29, 0.717) is 19.5 Å². The summed E-state index contributed by atoms with van der Waals surface area (Å²) in [5, 5.41) is 0. The largest absolute Gasteiger partial charge is 0.443 e. The van der Waals surface area contributed by atoms with Gasteiger partial charge in [0.2, 0.25) is 5.91 Å². The number of hydrogen-bond acceptors (Lipinski definition) is 4. The third-order valence-corrected chi connectivity index (χ3v) is 4.29. The number of rotatable bonds is 5. The minimum absolute atomic E-state index is 0.0572. The van der Waals surface area contributed by atoms with Crippen LogP contribution < -0.4 is 0 Å². The number of amides is 2. The van der Waals surface area contributed by atoms with E-state index in [-0.39, 0.29) is 17.9 Å². The molecule has 1 aromatic carbocycles. The second kappa shape index (κ2) is 7.83. The van der Waals surface area contributed by atoms with Crippen molar-refractivity contribution in [1.82, 2.24) is 9.80 Å². The Labute approximate surface area is 150 Å². The van der Waals surface area contributed by atoms with Crippen LogP contribution in [0.1, 0.15) is 32.8 Å². The predicted molar refractivity (Wildman–Crippen MR) is 97.9 cm³/mol. The predicted octanol–water partition coefficient (Wildman–Crippen LogP) is 3.46. The number of likely N-dealkylation sites (tertiary alicyclic amines) is 1. The summed E-state index contributed by atoms with van der Waals surface area (Å²) in [5.41, 5.74) is 0.546. The average Bonchev–Trinajstić information content (AvgIpc) is 2.84. The number of carbonyl (C=O) groups is 2. The summed E-state index contributed by atoms with van der Waals surface area (Å²) in [6.07, 6.45) is 1.72. The first-order valence-electron chi connectivity index (χ1n) is 8.62. The number of allylic oxidation sites excluding steroid dienone is 1. The molecule has 25 heavy (non-hydrogen) atoms. The van der Waals surface area contributed by atoms with Crippen molar-refractivity contribution < 1.29 is 14.3 Å². The van der Waals surface area contributed by atoms with Gasteiger partial charge in [0.05, 0.1) is 5.92 Å². The van der Waals surface area contributed by atoms with Gasteiger partial charge in [-0.1, -0.05) is 36.4 Å². The second-order valence-electron chi connectivity index (χ2n) is 7.53. The van der Waals surface area contributed by atoms with Crippen LogP contribution in [0.15, 0.2) is 43.0 Å². The fourth-order valence-corrected chi connectivity index (χ4v) is 3.12. The van der Waals surface area contributed by atoms with Crippen molar-refractivity contribution in [3.8, 4) is 0 Å². The zero-order chi connectivity index (χ0) is 18.6. The van der Waals surface area contributed by atoms with Crippen LogP contribution in [0, 0.1) is 5.92 Å². The van der Waals surface area contributed by atoms with E-state index in [1.807, 2.05) is 25.2 Å². The number of carbonyl (C=O) groups excluding carboxylic acids is 2. The van der Waals surface area contributed by atoms with Gasteiger partial charge in [0.25, 0.3) is 0 Å². The first-order chi connectivity index (χ1) is 11.7. The van der Waals surface area contributed by atoms with E-state index < -0.39 is 11.7 Å². The highest BCUT2D eigenvalue weighted by atomic mass is 16.6. The lowest BCUT2D eigenvalue weighted by molar-refractivity contribution is -0.130. The Morgan fingerprint density at radius 3 is 2.56 bits per heavy atom. The molecule has 0 saturated carbocycles. The highest BCUT2D eigenvalue weighted by molar-refractivity contribution is 5.95. The smallest absolute Gasteiger partial charge is 0.417 e. The van der Waals surface area contributed by atoms with Gasteiger partial charge in [-0.15, -0.1) is 6.58 Å². The van der Waals surface area contributed by atoms with Crippen molar-refractivity contribution >= 4 is 12.0 Å². The number of imide groups is 1. The molecule has 1 aromatic rings. The van der Waals surface area contributed by atoms with Gasteiger partial charge in [-0.05, 0) is 39.8 Å². The van der Waals surface area contributed by atoms with Crippen LogP contribution in [0.2, 0.25) is 0 Å². The number of likely N-dealkylation sites (N-methyl/N-ethyl adjacent to an activating group) is 1. The lowest BCUT2D eigenvalue weighted by Crippen LogP contribution is -2.40. The third kappa shape index (κ3) is 4.92. The van der Waals surface area contributed by atoms with Crippen molar-refractivity contribution in [2.24, 2.45) is 5.92 Å². The summed E-state index contributed by atoms with van der Waals surface area (Å²) < 4.78 is 5.39. The average molecular weight is 344 g/mol. The van der Waals surface area contributed by atoms with E-state index in [1.165, 1.54) is 10.5 Å². The molecule has 0 aromatic heterocycles. The van der Waals surface area contributed by atoms with Crippen molar-refractivity contribution in [3.05, 3.63) is 48.6 Å². The van der Waals surface area contributed by atoms with Gasteiger partial charge in [0, 0.05) is 19.1 Å². The lowest BCUT2D eigenvalue weighted by Gasteiger charge is -2.27. The Kier molecular flexibility index (Phi) is 6.01. The maximum Gasteiger partial charge on any atom is 0.417 e. The van der Waals surface area contributed by atoms with Crippen LogP contribution in [0.4, 0.5) is 4.79 Å². The molecule has 2 rings (SSSR count). The summed E-state index contributed by atoms with van der Waals surface area (Å²) in [6.45, 7) is 10.2. The molecule has 0 N–H and O–H groups in total. The standard InChI is InChI=1S/C20H28N2O3/c1-6-10-16-17(21(5)13-15-11-8-7-9-12-15)14-22(18(16)23)19(24)25-20(2,3)4/h6-9,11-12,16-17H,1,10,13-14H2,2-5H3. The number of benzene rings is 1. The fraction of sp³-hybridized carbons (Fsp3) is 0.500. The zero-order valence-electron chi connectivity index (χ0n) is 15.6. The fourth-order valence-electron chi connectivity index (χ4n) is 3.12.